The Morgan fingerprint density at radius 3 is 3.00 bits per heavy atom. The number of Topliss-reactive ketones (excluding diaryl/α,β-unsaturated/α-hetero) is 1. The number of halogens is 1. The second-order valence-electron chi connectivity index (χ2n) is 4.59. The molecule has 92 valence electrons. The smallest absolute Gasteiger partial charge is 0.176 e. The van der Waals surface area contributed by atoms with Crippen LogP contribution in [0, 0.1) is 5.82 Å². The summed E-state index contributed by atoms with van der Waals surface area (Å²) in [5, 5.41) is 0. The Labute approximate surface area is 111 Å². The van der Waals surface area contributed by atoms with Gasteiger partial charge in [-0.15, -0.1) is 0 Å². The number of ketones is 1. The van der Waals surface area contributed by atoms with E-state index in [-0.39, 0.29) is 11.6 Å². The minimum Gasteiger partial charge on any atom is -0.293 e. The van der Waals surface area contributed by atoms with Crippen molar-refractivity contribution in [1.29, 1.82) is 0 Å². The van der Waals surface area contributed by atoms with Crippen LogP contribution >= 0.6 is 0 Å². The SMILES string of the molecule is [B]C1CCc2cnc(-c3cccc(F)c3)nc2C1=O. The fraction of sp³-hybridized carbons (Fsp3) is 0.214. The molecule has 0 saturated carbocycles. The van der Waals surface area contributed by atoms with Crippen LogP contribution in [0.4, 0.5) is 4.39 Å². The van der Waals surface area contributed by atoms with Crippen LogP contribution in [-0.4, -0.2) is 23.6 Å². The molecule has 1 aliphatic rings. The van der Waals surface area contributed by atoms with Gasteiger partial charge in [0.05, 0.1) is 7.85 Å². The third kappa shape index (κ3) is 2.16. The van der Waals surface area contributed by atoms with Crippen LogP contribution in [0.5, 0.6) is 0 Å². The topological polar surface area (TPSA) is 42.9 Å². The van der Waals surface area contributed by atoms with Crippen molar-refractivity contribution < 1.29 is 9.18 Å². The predicted molar refractivity (Wildman–Crippen MR) is 69.6 cm³/mol. The molecule has 0 N–H and O–H groups in total. The number of aryl methyl sites for hydroxylation is 1. The molecule has 1 unspecified atom stereocenters. The molecule has 3 rings (SSSR count). The highest BCUT2D eigenvalue weighted by atomic mass is 19.1. The summed E-state index contributed by atoms with van der Waals surface area (Å²) in [5.41, 5.74) is 1.73. The zero-order valence-electron chi connectivity index (χ0n) is 10.1. The van der Waals surface area contributed by atoms with Gasteiger partial charge in [-0.1, -0.05) is 12.1 Å². The molecule has 1 heterocycles. The minimum atomic E-state index is -0.497. The Morgan fingerprint density at radius 1 is 1.37 bits per heavy atom. The molecule has 1 aliphatic carbocycles. The first kappa shape index (κ1) is 12.0. The number of rotatable bonds is 1. The Kier molecular flexibility index (Phi) is 2.89. The van der Waals surface area contributed by atoms with Crippen LogP contribution in [0.3, 0.4) is 0 Å². The summed E-state index contributed by atoms with van der Waals surface area (Å²) in [6.07, 6.45) is 2.95. The number of carbonyl (C=O) groups excluding carboxylic acids is 1. The second-order valence-corrected chi connectivity index (χ2v) is 4.59. The highest BCUT2D eigenvalue weighted by molar-refractivity contribution is 6.28. The fourth-order valence-electron chi connectivity index (χ4n) is 2.19. The van der Waals surface area contributed by atoms with Crippen molar-refractivity contribution in [3.63, 3.8) is 0 Å². The van der Waals surface area contributed by atoms with Gasteiger partial charge in [0.1, 0.15) is 11.5 Å². The van der Waals surface area contributed by atoms with E-state index < -0.39 is 5.82 Å². The van der Waals surface area contributed by atoms with Crippen LogP contribution in [0.25, 0.3) is 11.4 Å². The van der Waals surface area contributed by atoms with Gasteiger partial charge in [0.15, 0.2) is 11.6 Å². The van der Waals surface area contributed by atoms with Crippen LogP contribution < -0.4 is 0 Å². The predicted octanol–water partition coefficient (Wildman–Crippen LogP) is 2.37. The van der Waals surface area contributed by atoms with Crippen LogP contribution in [0.15, 0.2) is 30.5 Å². The average molecular weight is 252 g/mol. The molecule has 0 amide bonds. The number of hydrogen-bond donors (Lipinski definition) is 0. The number of benzene rings is 1. The van der Waals surface area contributed by atoms with E-state index in [9.17, 15) is 9.18 Å². The molecule has 0 saturated heterocycles. The van der Waals surface area contributed by atoms with E-state index >= 15 is 0 Å². The summed E-state index contributed by atoms with van der Waals surface area (Å²) in [7, 11) is 5.74. The van der Waals surface area contributed by atoms with Gasteiger partial charge >= 0.3 is 0 Å². The monoisotopic (exact) mass is 252 g/mol. The third-order valence-electron chi connectivity index (χ3n) is 3.24. The quantitative estimate of drug-likeness (QED) is 0.731. The van der Waals surface area contributed by atoms with Crippen molar-refractivity contribution in [3.05, 3.63) is 47.5 Å². The van der Waals surface area contributed by atoms with Crippen molar-refractivity contribution in [2.45, 2.75) is 18.7 Å². The Balaban J connectivity index is 2.08. The maximum Gasteiger partial charge on any atom is 0.176 e. The average Bonchev–Trinajstić information content (AvgIpc) is 2.43. The van der Waals surface area contributed by atoms with E-state index in [1.54, 1.807) is 18.3 Å². The van der Waals surface area contributed by atoms with E-state index in [1.807, 2.05) is 0 Å². The minimum absolute atomic E-state index is 0.165. The Morgan fingerprint density at radius 2 is 2.21 bits per heavy atom. The summed E-state index contributed by atoms with van der Waals surface area (Å²) in [5.74, 6) is -0.674. The second kappa shape index (κ2) is 4.57. The first-order valence-corrected chi connectivity index (χ1v) is 6.07. The van der Waals surface area contributed by atoms with E-state index in [4.69, 9.17) is 7.85 Å². The number of nitrogens with zero attached hydrogens (tertiary/aromatic N) is 2. The van der Waals surface area contributed by atoms with E-state index in [0.29, 0.717) is 29.9 Å². The first-order valence-electron chi connectivity index (χ1n) is 6.07. The molecule has 1 atom stereocenters. The molecule has 2 radical (unpaired) electrons. The molecule has 19 heavy (non-hydrogen) atoms. The van der Waals surface area contributed by atoms with Crippen molar-refractivity contribution >= 4 is 13.6 Å². The molecule has 0 bridgehead atoms. The molecule has 2 aromatic rings. The van der Waals surface area contributed by atoms with Gasteiger partial charge in [0, 0.05) is 11.8 Å². The number of hydrogen-bond acceptors (Lipinski definition) is 3. The van der Waals surface area contributed by atoms with Gasteiger partial charge in [0.25, 0.3) is 0 Å². The zero-order valence-corrected chi connectivity index (χ0v) is 10.1. The standard InChI is InChI=1S/C14H10BFN2O/c15-11-5-4-9-7-17-14(18-12(9)13(11)19)8-2-1-3-10(16)6-8/h1-3,6-7,11H,4-5H2. The van der Waals surface area contributed by atoms with Crippen molar-refractivity contribution in [2.24, 2.45) is 0 Å². The Hall–Kier alpha value is -2.04. The number of aromatic nitrogens is 2. The lowest BCUT2D eigenvalue weighted by Crippen LogP contribution is -2.20. The van der Waals surface area contributed by atoms with Gasteiger partial charge in [0.2, 0.25) is 0 Å². The lowest BCUT2D eigenvalue weighted by atomic mass is 9.74. The number of fused-ring (bicyclic) bond motifs is 1. The normalized spacial score (nSPS) is 18.2. The van der Waals surface area contributed by atoms with E-state index in [1.165, 1.54) is 12.1 Å². The maximum absolute atomic E-state index is 13.2. The molecular formula is C14H10BFN2O. The fourth-order valence-corrected chi connectivity index (χ4v) is 2.19. The van der Waals surface area contributed by atoms with Crippen molar-refractivity contribution in [3.8, 4) is 11.4 Å². The lowest BCUT2D eigenvalue weighted by Gasteiger charge is -2.19. The maximum atomic E-state index is 13.2. The lowest BCUT2D eigenvalue weighted by molar-refractivity contribution is 0.0968. The molecule has 0 aliphatic heterocycles. The van der Waals surface area contributed by atoms with Gasteiger partial charge < -0.3 is 0 Å². The third-order valence-corrected chi connectivity index (χ3v) is 3.24. The summed E-state index contributed by atoms with van der Waals surface area (Å²) >= 11 is 0. The van der Waals surface area contributed by atoms with E-state index in [0.717, 1.165) is 5.56 Å². The summed E-state index contributed by atoms with van der Waals surface area (Å²) in [4.78, 5) is 20.4. The molecule has 0 fully saturated rings. The largest absolute Gasteiger partial charge is 0.293 e. The molecule has 3 nitrogen and oxygen atoms in total. The van der Waals surface area contributed by atoms with Crippen molar-refractivity contribution in [2.75, 3.05) is 0 Å². The van der Waals surface area contributed by atoms with Crippen LogP contribution in [0.2, 0.25) is 5.82 Å². The molecule has 5 heteroatoms. The summed E-state index contributed by atoms with van der Waals surface area (Å²) < 4.78 is 13.2. The van der Waals surface area contributed by atoms with Crippen molar-refractivity contribution in [1.82, 2.24) is 9.97 Å². The van der Waals surface area contributed by atoms with Gasteiger partial charge in [-0.3, -0.25) is 4.79 Å². The Bertz CT molecular complexity index is 660. The number of carbonyl (C=O) groups is 1. The molecule has 0 spiro atoms. The summed E-state index contributed by atoms with van der Waals surface area (Å²) in [6.45, 7) is 0. The van der Waals surface area contributed by atoms with Gasteiger partial charge in [-0.05, 0) is 36.4 Å². The molecular weight excluding hydrogens is 242 g/mol. The van der Waals surface area contributed by atoms with Gasteiger partial charge in [-0.2, -0.15) is 0 Å². The van der Waals surface area contributed by atoms with Crippen LogP contribution in [0.1, 0.15) is 22.5 Å². The zero-order chi connectivity index (χ0) is 13.4. The molecule has 1 aromatic carbocycles. The highest BCUT2D eigenvalue weighted by Gasteiger charge is 2.25. The van der Waals surface area contributed by atoms with Gasteiger partial charge in [-0.25, -0.2) is 14.4 Å². The summed E-state index contributed by atoms with van der Waals surface area (Å²) in [6, 6.07) is 5.98. The highest BCUT2D eigenvalue weighted by Crippen LogP contribution is 2.27. The van der Waals surface area contributed by atoms with E-state index in [2.05, 4.69) is 9.97 Å². The first-order chi connectivity index (χ1) is 9.15. The molecule has 1 aromatic heterocycles. The van der Waals surface area contributed by atoms with Crippen LogP contribution in [-0.2, 0) is 6.42 Å².